The molecule has 0 bridgehead atoms. The summed E-state index contributed by atoms with van der Waals surface area (Å²) in [7, 11) is 0. The average Bonchev–Trinajstić information content (AvgIpc) is 2.46. The van der Waals surface area contributed by atoms with E-state index < -0.39 is 11.3 Å². The van der Waals surface area contributed by atoms with Crippen molar-refractivity contribution in [2.75, 3.05) is 6.54 Å². The summed E-state index contributed by atoms with van der Waals surface area (Å²) in [6, 6.07) is 8.27. The van der Waals surface area contributed by atoms with E-state index in [1.807, 2.05) is 6.92 Å². The van der Waals surface area contributed by atoms with Crippen molar-refractivity contribution < 1.29 is 4.79 Å². The van der Waals surface area contributed by atoms with Gasteiger partial charge in [-0.3, -0.25) is 9.59 Å². The molecule has 0 fully saturated rings. The lowest BCUT2D eigenvalue weighted by atomic mass is 10.3. The molecule has 2 aromatic rings. The van der Waals surface area contributed by atoms with Crippen molar-refractivity contribution in [1.29, 1.82) is 0 Å². The number of amides is 1. The Hall–Kier alpha value is -2.14. The molecule has 0 aliphatic heterocycles. The first-order valence-corrected chi connectivity index (χ1v) is 6.63. The third-order valence-electron chi connectivity index (χ3n) is 2.65. The summed E-state index contributed by atoms with van der Waals surface area (Å²) < 4.78 is 1.47. The maximum atomic E-state index is 11.9. The molecule has 5 nitrogen and oxygen atoms in total. The molecule has 6 heteroatoms. The predicted molar refractivity (Wildman–Crippen MR) is 77.5 cm³/mol. The van der Waals surface area contributed by atoms with Gasteiger partial charge in [0, 0.05) is 23.8 Å². The van der Waals surface area contributed by atoms with Crippen LogP contribution in [0.1, 0.15) is 23.8 Å². The van der Waals surface area contributed by atoms with Gasteiger partial charge in [0.15, 0.2) is 5.69 Å². The van der Waals surface area contributed by atoms with E-state index in [-0.39, 0.29) is 5.69 Å². The average molecular weight is 292 g/mol. The molecule has 1 amide bonds. The van der Waals surface area contributed by atoms with Crippen LogP contribution in [0, 0.1) is 0 Å². The molecule has 0 spiro atoms. The summed E-state index contributed by atoms with van der Waals surface area (Å²) in [5, 5.41) is 7.32. The van der Waals surface area contributed by atoms with Crippen molar-refractivity contribution in [2.45, 2.75) is 13.3 Å². The van der Waals surface area contributed by atoms with Gasteiger partial charge >= 0.3 is 0 Å². The molecule has 0 saturated carbocycles. The van der Waals surface area contributed by atoms with Gasteiger partial charge in [0.1, 0.15) is 0 Å². The second-order valence-electron chi connectivity index (χ2n) is 4.21. The Balaban J connectivity index is 2.35. The summed E-state index contributed by atoms with van der Waals surface area (Å²) in [6.45, 7) is 2.44. The van der Waals surface area contributed by atoms with Crippen LogP contribution >= 0.6 is 11.6 Å². The zero-order chi connectivity index (χ0) is 14.5. The number of aromatic nitrogens is 2. The van der Waals surface area contributed by atoms with Crippen LogP contribution in [-0.2, 0) is 0 Å². The Labute approximate surface area is 121 Å². The van der Waals surface area contributed by atoms with Crippen LogP contribution in [0.15, 0.2) is 41.3 Å². The van der Waals surface area contributed by atoms with Crippen molar-refractivity contribution in [2.24, 2.45) is 0 Å². The normalized spacial score (nSPS) is 10.3. The first-order valence-electron chi connectivity index (χ1n) is 6.26. The SMILES string of the molecule is CCCNC(=O)c1nn(-c2ccc(Cl)cc2)ccc1=O. The molecule has 0 saturated heterocycles. The molecule has 1 heterocycles. The quantitative estimate of drug-likeness (QED) is 0.937. The second kappa shape index (κ2) is 6.34. The Morgan fingerprint density at radius 3 is 2.65 bits per heavy atom. The fraction of sp³-hybridized carbons (Fsp3) is 0.214. The third-order valence-corrected chi connectivity index (χ3v) is 2.90. The van der Waals surface area contributed by atoms with E-state index in [1.54, 1.807) is 24.3 Å². The maximum Gasteiger partial charge on any atom is 0.275 e. The lowest BCUT2D eigenvalue weighted by Gasteiger charge is -2.07. The number of rotatable bonds is 4. The van der Waals surface area contributed by atoms with Crippen LogP contribution < -0.4 is 10.7 Å². The first-order chi connectivity index (χ1) is 9.61. The highest BCUT2D eigenvalue weighted by molar-refractivity contribution is 6.30. The van der Waals surface area contributed by atoms with Crippen molar-refractivity contribution in [3.8, 4) is 5.69 Å². The number of nitrogens with one attached hydrogen (secondary N) is 1. The van der Waals surface area contributed by atoms with E-state index in [2.05, 4.69) is 10.4 Å². The molecule has 0 radical (unpaired) electrons. The molecule has 1 aromatic heterocycles. The molecule has 1 aromatic carbocycles. The van der Waals surface area contributed by atoms with Gasteiger partial charge in [-0.05, 0) is 30.7 Å². The topological polar surface area (TPSA) is 64.0 Å². The Bertz CT molecular complexity index is 665. The third kappa shape index (κ3) is 3.24. The summed E-state index contributed by atoms with van der Waals surface area (Å²) in [5.41, 5.74) is 0.207. The first kappa shape index (κ1) is 14.3. The molecule has 0 atom stereocenters. The highest BCUT2D eigenvalue weighted by Crippen LogP contribution is 2.11. The molecule has 0 unspecified atom stereocenters. The highest BCUT2D eigenvalue weighted by atomic mass is 35.5. The van der Waals surface area contributed by atoms with Crippen LogP contribution in [0.3, 0.4) is 0 Å². The van der Waals surface area contributed by atoms with E-state index in [0.717, 1.165) is 12.1 Å². The van der Waals surface area contributed by atoms with Crippen LogP contribution in [0.5, 0.6) is 0 Å². The molecule has 104 valence electrons. The van der Waals surface area contributed by atoms with Gasteiger partial charge in [-0.2, -0.15) is 5.10 Å². The van der Waals surface area contributed by atoms with Crippen molar-refractivity contribution in [1.82, 2.24) is 15.1 Å². The van der Waals surface area contributed by atoms with Crippen LogP contribution in [0.4, 0.5) is 0 Å². The number of carbonyl (C=O) groups excluding carboxylic acids is 1. The van der Waals surface area contributed by atoms with Crippen molar-refractivity contribution in [3.05, 3.63) is 57.5 Å². The van der Waals surface area contributed by atoms with Gasteiger partial charge in [-0.15, -0.1) is 0 Å². The van der Waals surface area contributed by atoms with Crippen LogP contribution in [0.25, 0.3) is 5.69 Å². The summed E-state index contributed by atoms with van der Waals surface area (Å²) in [5.74, 6) is -0.458. The van der Waals surface area contributed by atoms with Gasteiger partial charge in [-0.25, -0.2) is 4.68 Å². The van der Waals surface area contributed by atoms with E-state index in [1.165, 1.54) is 16.9 Å². The van der Waals surface area contributed by atoms with E-state index in [9.17, 15) is 9.59 Å². The number of hydrogen-bond acceptors (Lipinski definition) is 3. The summed E-state index contributed by atoms with van der Waals surface area (Å²) in [6.07, 6.45) is 2.31. The van der Waals surface area contributed by atoms with Gasteiger partial charge < -0.3 is 5.32 Å². The Morgan fingerprint density at radius 2 is 2.00 bits per heavy atom. The van der Waals surface area contributed by atoms with Crippen LogP contribution in [0.2, 0.25) is 5.02 Å². The zero-order valence-electron chi connectivity index (χ0n) is 11.0. The molecular formula is C14H14ClN3O2. The number of hydrogen-bond donors (Lipinski definition) is 1. The molecule has 1 N–H and O–H groups in total. The number of carbonyl (C=O) groups is 1. The number of halogens is 1. The lowest BCUT2D eigenvalue weighted by Crippen LogP contribution is -2.31. The lowest BCUT2D eigenvalue weighted by molar-refractivity contribution is 0.0946. The largest absolute Gasteiger partial charge is 0.351 e. The number of benzene rings is 1. The molecule has 0 aliphatic carbocycles. The monoisotopic (exact) mass is 291 g/mol. The minimum Gasteiger partial charge on any atom is -0.351 e. The maximum absolute atomic E-state index is 11.9. The molecule has 2 rings (SSSR count). The Kier molecular flexibility index (Phi) is 4.53. The minimum absolute atomic E-state index is 0.115. The zero-order valence-corrected chi connectivity index (χ0v) is 11.7. The molecular weight excluding hydrogens is 278 g/mol. The second-order valence-corrected chi connectivity index (χ2v) is 4.64. The van der Waals surface area contributed by atoms with Gasteiger partial charge in [0.25, 0.3) is 5.91 Å². The Morgan fingerprint density at radius 1 is 1.30 bits per heavy atom. The standard InChI is InChI=1S/C14H14ClN3O2/c1-2-8-16-14(20)13-12(19)7-9-18(17-13)11-5-3-10(15)4-6-11/h3-7,9H,2,8H2,1H3,(H,16,20). The van der Waals surface area contributed by atoms with Crippen molar-refractivity contribution in [3.63, 3.8) is 0 Å². The minimum atomic E-state index is -0.458. The van der Waals surface area contributed by atoms with Crippen molar-refractivity contribution >= 4 is 17.5 Å². The number of nitrogens with zero attached hydrogens (tertiary/aromatic N) is 2. The van der Waals surface area contributed by atoms with E-state index in [0.29, 0.717) is 11.6 Å². The predicted octanol–water partition coefficient (Wildman–Crippen LogP) is 2.03. The van der Waals surface area contributed by atoms with Gasteiger partial charge in [-0.1, -0.05) is 18.5 Å². The smallest absolute Gasteiger partial charge is 0.275 e. The van der Waals surface area contributed by atoms with Gasteiger partial charge in [0.2, 0.25) is 5.43 Å². The van der Waals surface area contributed by atoms with Gasteiger partial charge in [0.05, 0.1) is 5.69 Å². The van der Waals surface area contributed by atoms with E-state index >= 15 is 0 Å². The van der Waals surface area contributed by atoms with Crippen LogP contribution in [-0.4, -0.2) is 22.2 Å². The summed E-state index contributed by atoms with van der Waals surface area (Å²) in [4.78, 5) is 23.6. The van der Waals surface area contributed by atoms with E-state index in [4.69, 9.17) is 11.6 Å². The fourth-order valence-electron chi connectivity index (χ4n) is 1.62. The molecule has 20 heavy (non-hydrogen) atoms. The summed E-state index contributed by atoms with van der Waals surface area (Å²) >= 11 is 5.82. The highest BCUT2D eigenvalue weighted by Gasteiger charge is 2.12. The molecule has 0 aliphatic rings. The fourth-order valence-corrected chi connectivity index (χ4v) is 1.75.